The van der Waals surface area contributed by atoms with Crippen LogP contribution in [0.5, 0.6) is 0 Å². The Morgan fingerprint density at radius 3 is 2.69 bits per heavy atom. The SMILES string of the molecule is O=C(NCCS(=O)(=O)O)c1ccc[nH+]c1.[Cl-]. The normalized spacial score (nSPS) is 10.3. The van der Waals surface area contributed by atoms with E-state index in [9.17, 15) is 13.2 Å². The molecule has 0 atom stereocenters. The Hall–Kier alpha value is -1.18. The molecule has 6 nitrogen and oxygen atoms in total. The predicted octanol–water partition coefficient (Wildman–Crippen LogP) is -3.88. The third-order valence-electron chi connectivity index (χ3n) is 1.61. The fourth-order valence-electron chi connectivity index (χ4n) is 0.930. The minimum absolute atomic E-state index is 0. The minimum atomic E-state index is -4.02. The number of amides is 1. The first kappa shape index (κ1) is 14.8. The molecule has 0 fully saturated rings. The van der Waals surface area contributed by atoms with Gasteiger partial charge in [0.25, 0.3) is 16.0 Å². The number of nitrogens with one attached hydrogen (secondary N) is 2. The summed E-state index contributed by atoms with van der Waals surface area (Å²) in [5.41, 5.74) is 0.396. The van der Waals surface area contributed by atoms with Crippen LogP contribution >= 0.6 is 0 Å². The number of aromatic nitrogens is 1. The molecule has 0 unspecified atom stereocenters. The van der Waals surface area contributed by atoms with Gasteiger partial charge < -0.3 is 17.7 Å². The van der Waals surface area contributed by atoms with Crippen LogP contribution in [-0.2, 0) is 10.1 Å². The van der Waals surface area contributed by atoms with Crippen LogP contribution in [-0.4, -0.2) is 31.2 Å². The summed E-state index contributed by atoms with van der Waals surface area (Å²) >= 11 is 0. The molecule has 0 spiro atoms. The van der Waals surface area contributed by atoms with Crippen molar-refractivity contribution >= 4 is 16.0 Å². The molecular weight excluding hydrogens is 256 g/mol. The monoisotopic (exact) mass is 266 g/mol. The van der Waals surface area contributed by atoms with Crippen molar-refractivity contribution in [1.29, 1.82) is 0 Å². The van der Waals surface area contributed by atoms with Gasteiger partial charge in [-0.2, -0.15) is 8.42 Å². The lowest BCUT2D eigenvalue weighted by Crippen LogP contribution is -3.00. The maximum Gasteiger partial charge on any atom is 0.266 e. The number of carbonyl (C=O) groups is 1. The third kappa shape index (κ3) is 5.64. The van der Waals surface area contributed by atoms with Gasteiger partial charge in [-0.1, -0.05) is 0 Å². The highest BCUT2D eigenvalue weighted by atomic mass is 35.5. The quantitative estimate of drug-likeness (QED) is 0.545. The molecular formula is C8H11ClN2O4S. The average molecular weight is 267 g/mol. The van der Waals surface area contributed by atoms with E-state index >= 15 is 0 Å². The molecule has 1 aromatic heterocycles. The summed E-state index contributed by atoms with van der Waals surface area (Å²) in [5, 5.41) is 2.36. The Morgan fingerprint density at radius 1 is 1.50 bits per heavy atom. The summed E-state index contributed by atoms with van der Waals surface area (Å²) in [6.45, 7) is -0.118. The zero-order valence-corrected chi connectivity index (χ0v) is 9.75. The predicted molar refractivity (Wildman–Crippen MR) is 51.7 cm³/mol. The number of rotatable bonds is 4. The third-order valence-corrected chi connectivity index (χ3v) is 2.33. The Balaban J connectivity index is 0.00000225. The van der Waals surface area contributed by atoms with E-state index in [2.05, 4.69) is 10.3 Å². The maximum absolute atomic E-state index is 11.3. The van der Waals surface area contributed by atoms with E-state index < -0.39 is 21.8 Å². The van der Waals surface area contributed by atoms with Crippen molar-refractivity contribution in [2.24, 2.45) is 0 Å². The molecule has 1 aromatic rings. The Morgan fingerprint density at radius 2 is 2.19 bits per heavy atom. The van der Waals surface area contributed by atoms with Crippen LogP contribution in [0.15, 0.2) is 24.5 Å². The molecule has 90 valence electrons. The first-order valence-corrected chi connectivity index (χ1v) is 5.79. The number of pyridine rings is 1. The number of aromatic amines is 1. The van der Waals surface area contributed by atoms with Crippen molar-refractivity contribution in [3.8, 4) is 0 Å². The van der Waals surface area contributed by atoms with E-state index in [1.807, 2.05) is 0 Å². The molecule has 1 rings (SSSR count). The van der Waals surface area contributed by atoms with E-state index in [0.717, 1.165) is 0 Å². The van der Waals surface area contributed by atoms with E-state index in [-0.39, 0.29) is 19.0 Å². The summed E-state index contributed by atoms with van der Waals surface area (Å²) in [7, 11) is -4.02. The van der Waals surface area contributed by atoms with E-state index in [1.54, 1.807) is 18.3 Å². The van der Waals surface area contributed by atoms with Crippen molar-refractivity contribution in [2.45, 2.75) is 0 Å². The van der Waals surface area contributed by atoms with E-state index in [0.29, 0.717) is 5.56 Å². The lowest BCUT2D eigenvalue weighted by Gasteiger charge is -2.01. The molecule has 1 heterocycles. The second-order valence-corrected chi connectivity index (χ2v) is 4.41. The van der Waals surface area contributed by atoms with Crippen molar-refractivity contribution in [2.75, 3.05) is 12.3 Å². The zero-order chi connectivity index (χ0) is 11.3. The molecule has 1 amide bonds. The molecule has 0 aliphatic rings. The highest BCUT2D eigenvalue weighted by molar-refractivity contribution is 7.85. The Kier molecular flexibility index (Phi) is 5.94. The first-order chi connectivity index (χ1) is 6.99. The summed E-state index contributed by atoms with van der Waals surface area (Å²) in [4.78, 5) is 14.0. The van der Waals surface area contributed by atoms with Gasteiger partial charge in [-0.15, -0.1) is 0 Å². The van der Waals surface area contributed by atoms with Gasteiger partial charge in [-0.05, 0) is 6.07 Å². The summed E-state index contributed by atoms with van der Waals surface area (Å²) in [5.74, 6) is -0.884. The van der Waals surface area contributed by atoms with Crippen LogP contribution in [0.1, 0.15) is 10.4 Å². The van der Waals surface area contributed by atoms with E-state index in [1.165, 1.54) is 6.20 Å². The van der Waals surface area contributed by atoms with Gasteiger partial charge in [0, 0.05) is 12.6 Å². The van der Waals surface area contributed by atoms with Gasteiger partial charge in [-0.3, -0.25) is 9.35 Å². The average Bonchev–Trinajstić information content (AvgIpc) is 2.17. The number of halogens is 1. The molecule has 0 aromatic carbocycles. The summed E-state index contributed by atoms with van der Waals surface area (Å²) in [6, 6.07) is 3.23. The van der Waals surface area contributed by atoms with Gasteiger partial charge in [0.1, 0.15) is 5.56 Å². The van der Waals surface area contributed by atoms with Gasteiger partial charge in [0.15, 0.2) is 12.4 Å². The lowest BCUT2D eigenvalue weighted by molar-refractivity contribution is -0.378. The molecule has 3 N–H and O–H groups in total. The first-order valence-electron chi connectivity index (χ1n) is 4.18. The van der Waals surface area contributed by atoms with Crippen molar-refractivity contribution < 1.29 is 35.2 Å². The van der Waals surface area contributed by atoms with Crippen LogP contribution in [0.25, 0.3) is 0 Å². The highest BCUT2D eigenvalue weighted by Gasteiger charge is 2.09. The number of carbonyl (C=O) groups excluding carboxylic acids is 1. The molecule has 16 heavy (non-hydrogen) atoms. The fraction of sp³-hybridized carbons (Fsp3) is 0.250. The Bertz CT molecular complexity index is 435. The smallest absolute Gasteiger partial charge is 0.266 e. The topological polar surface area (TPSA) is 97.6 Å². The molecule has 0 aliphatic carbocycles. The van der Waals surface area contributed by atoms with Crippen LogP contribution in [0, 0.1) is 0 Å². The molecule has 0 radical (unpaired) electrons. The number of hydrogen-bond acceptors (Lipinski definition) is 3. The largest absolute Gasteiger partial charge is 1.00 e. The van der Waals surface area contributed by atoms with Gasteiger partial charge >= 0.3 is 0 Å². The fourth-order valence-corrected chi connectivity index (χ4v) is 1.29. The van der Waals surface area contributed by atoms with Crippen molar-refractivity contribution in [3.63, 3.8) is 0 Å². The molecule has 0 aliphatic heterocycles. The van der Waals surface area contributed by atoms with Gasteiger partial charge in [0.05, 0.1) is 5.75 Å². The van der Waals surface area contributed by atoms with Gasteiger partial charge in [0.2, 0.25) is 0 Å². The van der Waals surface area contributed by atoms with Crippen LogP contribution in [0.2, 0.25) is 0 Å². The summed E-state index contributed by atoms with van der Waals surface area (Å²) < 4.78 is 29.1. The second kappa shape index (κ2) is 6.41. The molecule has 0 saturated heterocycles. The molecule has 8 heteroatoms. The zero-order valence-electron chi connectivity index (χ0n) is 8.18. The highest BCUT2D eigenvalue weighted by Crippen LogP contribution is 1.92. The van der Waals surface area contributed by atoms with Crippen molar-refractivity contribution in [3.05, 3.63) is 30.1 Å². The van der Waals surface area contributed by atoms with Crippen LogP contribution in [0.3, 0.4) is 0 Å². The van der Waals surface area contributed by atoms with Gasteiger partial charge in [-0.25, -0.2) is 4.98 Å². The van der Waals surface area contributed by atoms with Crippen LogP contribution < -0.4 is 22.7 Å². The molecule has 0 saturated carbocycles. The second-order valence-electron chi connectivity index (χ2n) is 2.83. The number of H-pyrrole nitrogens is 1. The van der Waals surface area contributed by atoms with Crippen molar-refractivity contribution in [1.82, 2.24) is 5.32 Å². The minimum Gasteiger partial charge on any atom is -1.00 e. The standard InChI is InChI=1S/C8H10N2O4S.ClH/c11-8(7-2-1-3-9-6-7)10-4-5-15(12,13)14;/h1-3,6H,4-5H2,(H,10,11)(H,12,13,14);1H. The van der Waals surface area contributed by atoms with E-state index in [4.69, 9.17) is 4.55 Å². The molecule has 0 bridgehead atoms. The number of hydrogen-bond donors (Lipinski definition) is 2. The Labute approximate surface area is 99.2 Å². The summed E-state index contributed by atoms with van der Waals surface area (Å²) in [6.07, 6.45) is 3.14. The van der Waals surface area contributed by atoms with Crippen LogP contribution in [0.4, 0.5) is 0 Å². The lowest BCUT2D eigenvalue weighted by atomic mass is 10.3. The maximum atomic E-state index is 11.3.